The van der Waals surface area contributed by atoms with E-state index in [9.17, 15) is 18.0 Å². The predicted octanol–water partition coefficient (Wildman–Crippen LogP) is 1.53. The van der Waals surface area contributed by atoms with Crippen molar-refractivity contribution in [1.29, 1.82) is 0 Å². The summed E-state index contributed by atoms with van der Waals surface area (Å²) >= 11 is 0. The van der Waals surface area contributed by atoms with Crippen molar-refractivity contribution in [2.45, 2.75) is 38.3 Å². The summed E-state index contributed by atoms with van der Waals surface area (Å²) in [7, 11) is 1.57. The number of carbonyl (C=O) groups excluding carboxylic acids is 1. The highest BCUT2D eigenvalue weighted by Crippen LogP contribution is 2.18. The number of aliphatic imine (C=N–C) groups is 1. The molecule has 0 aromatic rings. The number of hydrogen-bond donors (Lipinski definition) is 1. The number of rotatable bonds is 4. The largest absolute Gasteiger partial charge is 0.390 e. The van der Waals surface area contributed by atoms with Crippen LogP contribution in [0.25, 0.3) is 0 Å². The molecule has 0 aromatic heterocycles. The highest BCUT2D eigenvalue weighted by Gasteiger charge is 2.27. The molecule has 9 heteroatoms. The van der Waals surface area contributed by atoms with Crippen LogP contribution in [-0.4, -0.2) is 92.1 Å². The van der Waals surface area contributed by atoms with Crippen molar-refractivity contribution < 1.29 is 18.0 Å². The van der Waals surface area contributed by atoms with Gasteiger partial charge in [-0.1, -0.05) is 12.8 Å². The second kappa shape index (κ2) is 9.99. The molecule has 0 radical (unpaired) electrons. The molecule has 2 fully saturated rings. The summed E-state index contributed by atoms with van der Waals surface area (Å²) in [6.45, 7) is 4.68. The van der Waals surface area contributed by atoms with Gasteiger partial charge in [-0.2, -0.15) is 13.2 Å². The molecule has 6 nitrogen and oxygen atoms in total. The van der Waals surface area contributed by atoms with Gasteiger partial charge in [-0.15, -0.1) is 0 Å². The van der Waals surface area contributed by atoms with Crippen molar-refractivity contribution in [3.8, 4) is 0 Å². The Morgan fingerprint density at radius 1 is 0.962 bits per heavy atom. The van der Waals surface area contributed by atoms with E-state index < -0.39 is 12.6 Å². The number of guanidine groups is 1. The van der Waals surface area contributed by atoms with E-state index in [0.29, 0.717) is 38.7 Å². The number of amides is 1. The molecular weight excluding hydrogens is 347 g/mol. The lowest BCUT2D eigenvalue weighted by Gasteiger charge is -2.37. The average Bonchev–Trinajstić information content (AvgIpc) is 2.88. The molecule has 0 bridgehead atoms. The molecular formula is C17H30F3N5O. The average molecular weight is 377 g/mol. The molecule has 0 atom stereocenters. The molecule has 0 unspecified atom stereocenters. The first-order valence-electron chi connectivity index (χ1n) is 9.41. The van der Waals surface area contributed by atoms with Gasteiger partial charge < -0.3 is 15.1 Å². The van der Waals surface area contributed by atoms with Gasteiger partial charge in [0.1, 0.15) is 0 Å². The van der Waals surface area contributed by atoms with Gasteiger partial charge in [0.25, 0.3) is 0 Å². The zero-order chi connectivity index (χ0) is 19.0. The van der Waals surface area contributed by atoms with Crippen LogP contribution >= 0.6 is 0 Å². The summed E-state index contributed by atoms with van der Waals surface area (Å²) in [6.07, 6.45) is -0.487. The van der Waals surface area contributed by atoms with Crippen LogP contribution < -0.4 is 5.32 Å². The number of likely N-dealkylation sites (tertiary alicyclic amines) is 1. The van der Waals surface area contributed by atoms with Gasteiger partial charge in [0.2, 0.25) is 5.91 Å². The summed E-state index contributed by atoms with van der Waals surface area (Å²) in [5.41, 5.74) is 0. The summed E-state index contributed by atoms with van der Waals surface area (Å²) in [4.78, 5) is 22.6. The quantitative estimate of drug-likeness (QED) is 0.596. The highest BCUT2D eigenvalue weighted by atomic mass is 19.4. The number of carbonyl (C=O) groups is 1. The lowest BCUT2D eigenvalue weighted by Crippen LogP contribution is -2.54. The summed E-state index contributed by atoms with van der Waals surface area (Å²) in [5, 5.41) is 2.77. The molecule has 150 valence electrons. The van der Waals surface area contributed by atoms with E-state index in [2.05, 4.69) is 15.2 Å². The maximum Gasteiger partial charge on any atom is 0.390 e. The smallest absolute Gasteiger partial charge is 0.356 e. The van der Waals surface area contributed by atoms with Crippen LogP contribution in [0.2, 0.25) is 0 Å². The molecule has 1 N–H and O–H groups in total. The van der Waals surface area contributed by atoms with Gasteiger partial charge >= 0.3 is 6.18 Å². The van der Waals surface area contributed by atoms with E-state index in [1.807, 2.05) is 9.80 Å². The van der Waals surface area contributed by atoms with E-state index in [1.165, 1.54) is 12.8 Å². The topological polar surface area (TPSA) is 51.2 Å². The second-order valence-corrected chi connectivity index (χ2v) is 6.90. The third-order valence-electron chi connectivity index (χ3n) is 4.89. The first kappa shape index (κ1) is 20.8. The number of hydrogen-bond acceptors (Lipinski definition) is 3. The third-order valence-corrected chi connectivity index (χ3v) is 4.89. The first-order valence-corrected chi connectivity index (χ1v) is 9.41. The number of nitrogens with zero attached hydrogens (tertiary/aromatic N) is 4. The van der Waals surface area contributed by atoms with Crippen molar-refractivity contribution >= 4 is 11.9 Å². The summed E-state index contributed by atoms with van der Waals surface area (Å²) in [5.74, 6) is 0.681. The third kappa shape index (κ3) is 7.01. The van der Waals surface area contributed by atoms with E-state index in [1.54, 1.807) is 7.05 Å². The molecule has 0 saturated carbocycles. The zero-order valence-electron chi connectivity index (χ0n) is 15.5. The minimum absolute atomic E-state index is 0.177. The Labute approximate surface area is 153 Å². The number of halogens is 3. The van der Waals surface area contributed by atoms with Gasteiger partial charge in [-0.3, -0.25) is 14.7 Å². The Bertz CT molecular complexity index is 468. The molecule has 0 aromatic carbocycles. The SMILES string of the molecule is CN=C(NCCC(F)(F)F)N1CCN(CC(=O)N2CCCCCC2)CC1. The van der Waals surface area contributed by atoms with Crippen LogP contribution in [0.5, 0.6) is 0 Å². The van der Waals surface area contributed by atoms with Crippen molar-refractivity contribution in [3.05, 3.63) is 0 Å². The first-order chi connectivity index (χ1) is 12.4. The molecule has 1 amide bonds. The Hall–Kier alpha value is -1.51. The Morgan fingerprint density at radius 3 is 2.12 bits per heavy atom. The molecule has 26 heavy (non-hydrogen) atoms. The molecule has 2 aliphatic heterocycles. The fraction of sp³-hybridized carbons (Fsp3) is 0.882. The molecule has 2 saturated heterocycles. The van der Waals surface area contributed by atoms with E-state index in [-0.39, 0.29) is 12.5 Å². The predicted molar refractivity (Wildman–Crippen MR) is 95.1 cm³/mol. The van der Waals surface area contributed by atoms with E-state index in [4.69, 9.17) is 0 Å². The van der Waals surface area contributed by atoms with Crippen LogP contribution in [-0.2, 0) is 4.79 Å². The minimum Gasteiger partial charge on any atom is -0.356 e. The molecule has 0 spiro atoms. The Kier molecular flexibility index (Phi) is 7.99. The molecule has 2 rings (SSSR count). The zero-order valence-corrected chi connectivity index (χ0v) is 15.5. The van der Waals surface area contributed by atoms with Crippen molar-refractivity contribution in [2.75, 3.05) is 59.4 Å². The van der Waals surface area contributed by atoms with E-state index >= 15 is 0 Å². The lowest BCUT2D eigenvalue weighted by atomic mass is 10.2. The fourth-order valence-electron chi connectivity index (χ4n) is 3.38. The van der Waals surface area contributed by atoms with Gasteiger partial charge in [-0.25, -0.2) is 0 Å². The summed E-state index contributed by atoms with van der Waals surface area (Å²) < 4.78 is 36.8. The van der Waals surface area contributed by atoms with E-state index in [0.717, 1.165) is 25.9 Å². The second-order valence-electron chi connectivity index (χ2n) is 6.90. The lowest BCUT2D eigenvalue weighted by molar-refractivity contribution is -0.133. The van der Waals surface area contributed by atoms with Gasteiger partial charge in [-0.05, 0) is 12.8 Å². The number of nitrogens with one attached hydrogen (secondary N) is 1. The molecule has 0 aliphatic carbocycles. The molecule has 2 heterocycles. The Morgan fingerprint density at radius 2 is 1.58 bits per heavy atom. The monoisotopic (exact) mass is 377 g/mol. The fourth-order valence-corrected chi connectivity index (χ4v) is 3.38. The normalized spacial score (nSPS) is 20.8. The van der Waals surface area contributed by atoms with Crippen LogP contribution in [0.15, 0.2) is 4.99 Å². The standard InChI is InChI=1S/C17H30F3N5O/c1-21-16(22-7-6-17(18,19)20)25-12-10-23(11-13-25)14-15(26)24-8-4-2-3-5-9-24/h2-14H2,1H3,(H,21,22). The maximum atomic E-state index is 12.5. The van der Waals surface area contributed by atoms with Crippen LogP contribution in [0, 0.1) is 0 Å². The maximum absolute atomic E-state index is 12.5. The van der Waals surface area contributed by atoms with Gasteiger partial charge in [0.05, 0.1) is 13.0 Å². The van der Waals surface area contributed by atoms with Crippen LogP contribution in [0.3, 0.4) is 0 Å². The molecule has 2 aliphatic rings. The van der Waals surface area contributed by atoms with Gasteiger partial charge in [0, 0.05) is 52.9 Å². The number of piperazine rings is 1. The van der Waals surface area contributed by atoms with Crippen molar-refractivity contribution in [3.63, 3.8) is 0 Å². The van der Waals surface area contributed by atoms with Crippen LogP contribution in [0.4, 0.5) is 13.2 Å². The summed E-state index contributed by atoms with van der Waals surface area (Å²) in [6, 6.07) is 0. The van der Waals surface area contributed by atoms with Crippen molar-refractivity contribution in [1.82, 2.24) is 20.0 Å². The van der Waals surface area contributed by atoms with Crippen molar-refractivity contribution in [2.24, 2.45) is 4.99 Å². The van der Waals surface area contributed by atoms with Crippen LogP contribution in [0.1, 0.15) is 32.1 Å². The number of alkyl halides is 3. The van der Waals surface area contributed by atoms with Gasteiger partial charge in [0.15, 0.2) is 5.96 Å². The Balaban J connectivity index is 1.72. The minimum atomic E-state index is -4.17. The highest BCUT2D eigenvalue weighted by molar-refractivity contribution is 5.80.